The molecule has 0 saturated carbocycles. The van der Waals surface area contributed by atoms with Crippen LogP contribution in [0, 0.1) is 0 Å². The molecule has 0 amide bonds. The van der Waals surface area contributed by atoms with Crippen molar-refractivity contribution in [3.05, 3.63) is 40.4 Å². The van der Waals surface area contributed by atoms with Crippen LogP contribution < -0.4 is 0 Å². The molecule has 1 aliphatic carbocycles. The summed E-state index contributed by atoms with van der Waals surface area (Å²) < 4.78 is 0. The largest absolute Gasteiger partial charge is 0.481 e. The summed E-state index contributed by atoms with van der Waals surface area (Å²) >= 11 is 1.64. The van der Waals surface area contributed by atoms with Crippen molar-refractivity contribution < 1.29 is 9.90 Å². The van der Waals surface area contributed by atoms with Crippen molar-refractivity contribution in [3.8, 4) is 10.6 Å². The zero-order valence-electron chi connectivity index (χ0n) is 12.5. The molecular weight excluding hydrogens is 282 g/mol. The first-order valence-corrected chi connectivity index (χ1v) is 8.01. The van der Waals surface area contributed by atoms with E-state index in [2.05, 4.69) is 50.0 Å². The average Bonchev–Trinajstić information content (AvgIpc) is 2.96. The van der Waals surface area contributed by atoms with Gasteiger partial charge in [0.15, 0.2) is 0 Å². The highest BCUT2D eigenvalue weighted by molar-refractivity contribution is 7.15. The molecule has 3 nitrogen and oxygen atoms in total. The number of hydrogen-bond acceptors (Lipinski definition) is 3. The predicted molar refractivity (Wildman–Crippen MR) is 84.9 cm³/mol. The second-order valence-electron chi connectivity index (χ2n) is 6.58. The molecule has 1 N–H and O–H groups in total. The van der Waals surface area contributed by atoms with Crippen LogP contribution in [0.2, 0.25) is 0 Å². The van der Waals surface area contributed by atoms with Gasteiger partial charge >= 0.3 is 5.97 Å². The predicted octanol–water partition coefficient (Wildman–Crippen LogP) is 4.22. The molecule has 0 aliphatic heterocycles. The van der Waals surface area contributed by atoms with E-state index in [-0.39, 0.29) is 5.41 Å². The first-order valence-electron chi connectivity index (χ1n) is 7.19. The highest BCUT2D eigenvalue weighted by Gasteiger charge is 2.32. The van der Waals surface area contributed by atoms with E-state index in [1.807, 2.05) is 0 Å². The number of carboxylic acids is 1. The first kappa shape index (κ1) is 14.3. The molecule has 3 rings (SSSR count). The summed E-state index contributed by atoms with van der Waals surface area (Å²) in [6.07, 6.45) is 1.52. The minimum atomic E-state index is -0.756. The van der Waals surface area contributed by atoms with E-state index < -0.39 is 11.9 Å². The Morgan fingerprint density at radius 3 is 2.52 bits per heavy atom. The summed E-state index contributed by atoms with van der Waals surface area (Å²) in [4.78, 5) is 17.0. The summed E-state index contributed by atoms with van der Waals surface area (Å²) in [5, 5.41) is 10.2. The van der Waals surface area contributed by atoms with Gasteiger partial charge in [-0.05, 0) is 23.8 Å². The summed E-state index contributed by atoms with van der Waals surface area (Å²) in [5.74, 6) is -1.17. The number of rotatable bonds is 2. The third kappa shape index (κ3) is 2.60. The van der Waals surface area contributed by atoms with Gasteiger partial charge in [0.2, 0.25) is 0 Å². The molecule has 0 saturated heterocycles. The standard InChI is InChI=1S/C17H19NO2S/c1-17(2,3)11-6-4-10(5-7-11)15-18-14-12(16(19)20)8-9-13(14)21-15/h4-7,12H,8-9H2,1-3H3,(H,19,20). The van der Waals surface area contributed by atoms with Crippen molar-refractivity contribution in [2.45, 2.75) is 44.9 Å². The molecule has 1 aliphatic rings. The molecule has 1 heterocycles. The number of carboxylic acid groups (broad SMARTS) is 1. The van der Waals surface area contributed by atoms with Crippen LogP contribution in [-0.2, 0) is 16.6 Å². The summed E-state index contributed by atoms with van der Waals surface area (Å²) in [6.45, 7) is 6.58. The topological polar surface area (TPSA) is 50.2 Å². The highest BCUT2D eigenvalue weighted by Crippen LogP contribution is 2.40. The molecule has 21 heavy (non-hydrogen) atoms. The fourth-order valence-corrected chi connectivity index (χ4v) is 3.85. The zero-order chi connectivity index (χ0) is 15.2. The molecule has 0 spiro atoms. The maximum atomic E-state index is 11.2. The van der Waals surface area contributed by atoms with Crippen LogP contribution in [0.3, 0.4) is 0 Å². The molecule has 0 radical (unpaired) electrons. The normalized spacial score (nSPS) is 17.8. The van der Waals surface area contributed by atoms with Crippen molar-refractivity contribution in [1.29, 1.82) is 0 Å². The fraction of sp³-hybridized carbons (Fsp3) is 0.412. The van der Waals surface area contributed by atoms with Gasteiger partial charge in [0, 0.05) is 10.4 Å². The number of nitrogens with zero attached hydrogens (tertiary/aromatic N) is 1. The van der Waals surface area contributed by atoms with Gasteiger partial charge in [0.1, 0.15) is 10.9 Å². The third-order valence-corrected chi connectivity index (χ3v) is 5.19. The Kier molecular flexibility index (Phi) is 3.36. The van der Waals surface area contributed by atoms with Gasteiger partial charge in [-0.15, -0.1) is 11.3 Å². The average molecular weight is 301 g/mol. The van der Waals surface area contributed by atoms with E-state index in [9.17, 15) is 9.90 Å². The van der Waals surface area contributed by atoms with Crippen molar-refractivity contribution in [3.63, 3.8) is 0 Å². The van der Waals surface area contributed by atoms with Gasteiger partial charge in [-0.3, -0.25) is 4.79 Å². The molecule has 1 unspecified atom stereocenters. The number of benzene rings is 1. The maximum Gasteiger partial charge on any atom is 0.312 e. The molecule has 0 fully saturated rings. The molecule has 1 atom stereocenters. The smallest absolute Gasteiger partial charge is 0.312 e. The van der Waals surface area contributed by atoms with Gasteiger partial charge < -0.3 is 5.11 Å². The molecule has 4 heteroatoms. The monoisotopic (exact) mass is 301 g/mol. The van der Waals surface area contributed by atoms with Crippen LogP contribution in [-0.4, -0.2) is 16.1 Å². The number of aryl methyl sites for hydroxylation is 1. The molecule has 1 aromatic carbocycles. The van der Waals surface area contributed by atoms with Crippen molar-refractivity contribution >= 4 is 17.3 Å². The Morgan fingerprint density at radius 1 is 1.29 bits per heavy atom. The van der Waals surface area contributed by atoms with Crippen LogP contribution in [0.4, 0.5) is 0 Å². The Balaban J connectivity index is 1.92. The number of hydrogen-bond donors (Lipinski definition) is 1. The summed E-state index contributed by atoms with van der Waals surface area (Å²) in [6, 6.07) is 8.45. The van der Waals surface area contributed by atoms with Crippen LogP contribution >= 0.6 is 11.3 Å². The van der Waals surface area contributed by atoms with Gasteiger partial charge in [-0.25, -0.2) is 4.98 Å². The van der Waals surface area contributed by atoms with Gasteiger partial charge in [-0.1, -0.05) is 45.0 Å². The lowest BCUT2D eigenvalue weighted by Crippen LogP contribution is -2.10. The lowest BCUT2D eigenvalue weighted by Gasteiger charge is -2.18. The van der Waals surface area contributed by atoms with E-state index in [1.165, 1.54) is 5.56 Å². The van der Waals surface area contributed by atoms with Crippen LogP contribution in [0.15, 0.2) is 24.3 Å². The third-order valence-electron chi connectivity index (χ3n) is 4.01. The maximum absolute atomic E-state index is 11.2. The minimum absolute atomic E-state index is 0.136. The van der Waals surface area contributed by atoms with E-state index in [4.69, 9.17) is 0 Å². The molecule has 0 bridgehead atoms. The number of fused-ring (bicyclic) bond motifs is 1. The molecular formula is C17H19NO2S. The van der Waals surface area contributed by atoms with Crippen LogP contribution in [0.5, 0.6) is 0 Å². The molecule has 2 aromatic rings. The quantitative estimate of drug-likeness (QED) is 0.903. The Labute approximate surface area is 128 Å². The Morgan fingerprint density at radius 2 is 1.95 bits per heavy atom. The van der Waals surface area contributed by atoms with Gasteiger partial charge in [0.05, 0.1) is 5.69 Å². The molecule has 1 aromatic heterocycles. The second kappa shape index (κ2) is 4.95. The number of carbonyl (C=O) groups is 1. The Bertz CT molecular complexity index is 680. The van der Waals surface area contributed by atoms with Gasteiger partial charge in [-0.2, -0.15) is 0 Å². The highest BCUT2D eigenvalue weighted by atomic mass is 32.1. The van der Waals surface area contributed by atoms with E-state index in [0.717, 1.165) is 27.6 Å². The van der Waals surface area contributed by atoms with Crippen LogP contribution in [0.1, 0.15) is 49.2 Å². The van der Waals surface area contributed by atoms with Crippen molar-refractivity contribution in [2.24, 2.45) is 0 Å². The van der Waals surface area contributed by atoms with Crippen molar-refractivity contribution in [2.75, 3.05) is 0 Å². The van der Waals surface area contributed by atoms with E-state index in [0.29, 0.717) is 6.42 Å². The number of aliphatic carboxylic acids is 1. The number of thiazole rings is 1. The second-order valence-corrected chi connectivity index (χ2v) is 7.67. The van der Waals surface area contributed by atoms with Gasteiger partial charge in [0.25, 0.3) is 0 Å². The SMILES string of the molecule is CC(C)(C)c1ccc(-c2nc3c(s2)CCC3C(=O)O)cc1. The lowest BCUT2D eigenvalue weighted by atomic mass is 9.87. The Hall–Kier alpha value is -1.68. The summed E-state index contributed by atoms with van der Waals surface area (Å²) in [5.41, 5.74) is 3.28. The van der Waals surface area contributed by atoms with E-state index >= 15 is 0 Å². The zero-order valence-corrected chi connectivity index (χ0v) is 13.3. The van der Waals surface area contributed by atoms with Crippen molar-refractivity contribution in [1.82, 2.24) is 4.98 Å². The lowest BCUT2D eigenvalue weighted by molar-refractivity contribution is -0.138. The molecule has 110 valence electrons. The van der Waals surface area contributed by atoms with Crippen LogP contribution in [0.25, 0.3) is 10.6 Å². The minimum Gasteiger partial charge on any atom is -0.481 e. The number of aromatic nitrogens is 1. The fourth-order valence-electron chi connectivity index (χ4n) is 2.70. The van der Waals surface area contributed by atoms with E-state index in [1.54, 1.807) is 11.3 Å². The summed E-state index contributed by atoms with van der Waals surface area (Å²) in [7, 11) is 0. The first-order chi connectivity index (χ1) is 9.86.